The minimum atomic E-state index is -0.322. The van der Waals surface area contributed by atoms with Gasteiger partial charge in [-0.3, -0.25) is 14.9 Å². The van der Waals surface area contributed by atoms with Gasteiger partial charge in [0.2, 0.25) is 0 Å². The molecule has 2 N–H and O–H groups in total. The molecule has 0 unspecified atom stereocenters. The number of amides is 2. The molecule has 1 heterocycles. The van der Waals surface area contributed by atoms with Crippen LogP contribution >= 0.6 is 12.2 Å². The SMILES string of the molecule is CC(C)Oc1cccc(C(=O)NC(=S)Nc2ccc(C(=O)N3CCCC3)cc2)c1. The minimum absolute atomic E-state index is 0.0244. The lowest BCUT2D eigenvalue weighted by Gasteiger charge is -2.15. The van der Waals surface area contributed by atoms with Gasteiger partial charge in [-0.05, 0) is 81.4 Å². The predicted molar refractivity (Wildman–Crippen MR) is 117 cm³/mol. The van der Waals surface area contributed by atoms with Gasteiger partial charge in [-0.15, -0.1) is 0 Å². The molecule has 1 aliphatic rings. The van der Waals surface area contributed by atoms with E-state index in [2.05, 4.69) is 10.6 Å². The molecule has 1 aliphatic heterocycles. The molecular formula is C22H25N3O3S. The van der Waals surface area contributed by atoms with Gasteiger partial charge in [0.1, 0.15) is 5.75 Å². The first-order valence-corrected chi connectivity index (χ1v) is 10.1. The largest absolute Gasteiger partial charge is 0.491 e. The molecule has 0 bridgehead atoms. The summed E-state index contributed by atoms with van der Waals surface area (Å²) in [5.41, 5.74) is 1.80. The van der Waals surface area contributed by atoms with Gasteiger partial charge in [0, 0.05) is 29.9 Å². The number of hydrogen-bond acceptors (Lipinski definition) is 4. The molecule has 152 valence electrons. The second-order valence-corrected chi connectivity index (χ2v) is 7.59. The van der Waals surface area contributed by atoms with E-state index < -0.39 is 0 Å². The summed E-state index contributed by atoms with van der Waals surface area (Å²) in [5.74, 6) is 0.357. The lowest BCUT2D eigenvalue weighted by atomic mass is 10.2. The van der Waals surface area contributed by atoms with Crippen molar-refractivity contribution in [3.8, 4) is 5.75 Å². The maximum absolute atomic E-state index is 12.4. The molecule has 1 saturated heterocycles. The van der Waals surface area contributed by atoms with Crippen LogP contribution in [-0.4, -0.2) is 41.0 Å². The van der Waals surface area contributed by atoms with Gasteiger partial charge in [0.15, 0.2) is 5.11 Å². The fourth-order valence-electron chi connectivity index (χ4n) is 3.12. The first-order valence-electron chi connectivity index (χ1n) is 9.71. The van der Waals surface area contributed by atoms with E-state index in [1.807, 2.05) is 18.7 Å². The summed E-state index contributed by atoms with van der Waals surface area (Å²) >= 11 is 5.24. The molecule has 2 amide bonds. The number of nitrogens with one attached hydrogen (secondary N) is 2. The fraction of sp³-hybridized carbons (Fsp3) is 0.318. The number of nitrogens with zero attached hydrogens (tertiary/aromatic N) is 1. The second-order valence-electron chi connectivity index (χ2n) is 7.18. The van der Waals surface area contributed by atoms with Crippen molar-refractivity contribution in [1.29, 1.82) is 0 Å². The third-order valence-electron chi connectivity index (χ3n) is 4.48. The molecule has 0 spiro atoms. The van der Waals surface area contributed by atoms with Crippen molar-refractivity contribution in [2.24, 2.45) is 0 Å². The fourth-order valence-corrected chi connectivity index (χ4v) is 3.33. The molecule has 1 fully saturated rings. The lowest BCUT2D eigenvalue weighted by molar-refractivity contribution is 0.0792. The van der Waals surface area contributed by atoms with Crippen molar-refractivity contribution < 1.29 is 14.3 Å². The molecule has 6 nitrogen and oxygen atoms in total. The Labute approximate surface area is 176 Å². The van der Waals surface area contributed by atoms with Gasteiger partial charge < -0.3 is 15.0 Å². The van der Waals surface area contributed by atoms with Crippen molar-refractivity contribution in [3.05, 3.63) is 59.7 Å². The normalized spacial score (nSPS) is 13.3. The average Bonchev–Trinajstić information content (AvgIpc) is 3.22. The van der Waals surface area contributed by atoms with Crippen LogP contribution in [0.15, 0.2) is 48.5 Å². The predicted octanol–water partition coefficient (Wildman–Crippen LogP) is 3.84. The molecule has 0 radical (unpaired) electrons. The quantitative estimate of drug-likeness (QED) is 0.732. The van der Waals surface area contributed by atoms with Gasteiger partial charge in [0.25, 0.3) is 11.8 Å². The maximum Gasteiger partial charge on any atom is 0.257 e. The molecule has 0 aromatic heterocycles. The van der Waals surface area contributed by atoms with Crippen LogP contribution in [0.25, 0.3) is 0 Å². The smallest absolute Gasteiger partial charge is 0.257 e. The topological polar surface area (TPSA) is 70.7 Å². The van der Waals surface area contributed by atoms with Crippen LogP contribution in [-0.2, 0) is 0 Å². The van der Waals surface area contributed by atoms with Gasteiger partial charge in [0.05, 0.1) is 6.10 Å². The zero-order valence-corrected chi connectivity index (χ0v) is 17.4. The summed E-state index contributed by atoms with van der Waals surface area (Å²) in [4.78, 5) is 26.7. The highest BCUT2D eigenvalue weighted by Crippen LogP contribution is 2.16. The number of thiocarbonyl (C=S) groups is 1. The Morgan fingerprint density at radius 2 is 1.72 bits per heavy atom. The second kappa shape index (κ2) is 9.52. The Bertz CT molecular complexity index is 890. The number of rotatable bonds is 5. The lowest BCUT2D eigenvalue weighted by Crippen LogP contribution is -2.34. The summed E-state index contributed by atoms with van der Waals surface area (Å²) in [5, 5.41) is 5.81. The van der Waals surface area contributed by atoms with Gasteiger partial charge in [-0.1, -0.05) is 6.07 Å². The molecule has 0 aliphatic carbocycles. The van der Waals surface area contributed by atoms with E-state index >= 15 is 0 Å². The first-order chi connectivity index (χ1) is 13.9. The molecule has 7 heteroatoms. The summed E-state index contributed by atoms with van der Waals surface area (Å²) in [6.45, 7) is 5.49. The van der Waals surface area contributed by atoms with Crippen molar-refractivity contribution in [3.63, 3.8) is 0 Å². The monoisotopic (exact) mass is 411 g/mol. The molecule has 2 aromatic carbocycles. The van der Waals surface area contributed by atoms with E-state index in [-0.39, 0.29) is 23.0 Å². The number of ether oxygens (including phenoxy) is 1. The van der Waals surface area contributed by atoms with Crippen molar-refractivity contribution in [2.45, 2.75) is 32.8 Å². The third kappa shape index (κ3) is 5.77. The molecule has 29 heavy (non-hydrogen) atoms. The molecular weight excluding hydrogens is 386 g/mol. The third-order valence-corrected chi connectivity index (χ3v) is 4.68. The van der Waals surface area contributed by atoms with E-state index in [0.717, 1.165) is 25.9 Å². The number of likely N-dealkylation sites (tertiary alicyclic amines) is 1. The van der Waals surface area contributed by atoms with Crippen LogP contribution in [0.5, 0.6) is 5.75 Å². The van der Waals surface area contributed by atoms with Crippen LogP contribution < -0.4 is 15.4 Å². The summed E-state index contributed by atoms with van der Waals surface area (Å²) in [6.07, 6.45) is 2.15. The van der Waals surface area contributed by atoms with E-state index in [1.165, 1.54) is 0 Å². The zero-order chi connectivity index (χ0) is 20.8. The highest BCUT2D eigenvalue weighted by Gasteiger charge is 2.19. The Morgan fingerprint density at radius 1 is 1.03 bits per heavy atom. The van der Waals surface area contributed by atoms with Crippen LogP contribution in [0.1, 0.15) is 47.4 Å². The molecule has 0 atom stereocenters. The average molecular weight is 412 g/mol. The molecule has 0 saturated carbocycles. The molecule has 3 rings (SSSR count). The van der Waals surface area contributed by atoms with Crippen LogP contribution in [0, 0.1) is 0 Å². The van der Waals surface area contributed by atoms with Crippen molar-refractivity contribution in [2.75, 3.05) is 18.4 Å². The van der Waals surface area contributed by atoms with Gasteiger partial charge >= 0.3 is 0 Å². The Balaban J connectivity index is 1.56. The standard InChI is InChI=1S/C22H25N3O3S/c1-15(2)28-19-7-5-6-17(14-19)20(26)24-22(29)23-18-10-8-16(9-11-18)21(27)25-12-3-4-13-25/h5-11,14-15H,3-4,12-13H2,1-2H3,(H2,23,24,26,29). The van der Waals surface area contributed by atoms with Crippen LogP contribution in [0.3, 0.4) is 0 Å². The summed E-state index contributed by atoms with van der Waals surface area (Å²) < 4.78 is 5.61. The Kier molecular flexibility index (Phi) is 6.82. The van der Waals surface area contributed by atoms with Crippen molar-refractivity contribution >= 4 is 34.8 Å². The van der Waals surface area contributed by atoms with E-state index in [1.54, 1.807) is 48.5 Å². The van der Waals surface area contributed by atoms with Crippen LogP contribution in [0.4, 0.5) is 5.69 Å². The zero-order valence-electron chi connectivity index (χ0n) is 16.6. The van der Waals surface area contributed by atoms with Gasteiger partial charge in [-0.2, -0.15) is 0 Å². The number of hydrogen-bond donors (Lipinski definition) is 2. The summed E-state index contributed by atoms with van der Waals surface area (Å²) in [7, 11) is 0. The highest BCUT2D eigenvalue weighted by molar-refractivity contribution is 7.80. The van der Waals surface area contributed by atoms with Crippen LogP contribution in [0.2, 0.25) is 0 Å². The van der Waals surface area contributed by atoms with Crippen molar-refractivity contribution in [1.82, 2.24) is 10.2 Å². The first kappa shape index (κ1) is 20.8. The molecule has 2 aromatic rings. The Hall–Kier alpha value is -2.93. The number of carbonyl (C=O) groups is 2. The number of benzene rings is 2. The number of anilines is 1. The summed E-state index contributed by atoms with van der Waals surface area (Å²) in [6, 6.07) is 14.0. The van der Waals surface area contributed by atoms with E-state index in [0.29, 0.717) is 22.6 Å². The van der Waals surface area contributed by atoms with E-state index in [9.17, 15) is 9.59 Å². The number of carbonyl (C=O) groups excluding carboxylic acids is 2. The van der Waals surface area contributed by atoms with E-state index in [4.69, 9.17) is 17.0 Å². The Morgan fingerprint density at radius 3 is 2.38 bits per heavy atom. The minimum Gasteiger partial charge on any atom is -0.491 e. The highest BCUT2D eigenvalue weighted by atomic mass is 32.1. The van der Waals surface area contributed by atoms with Gasteiger partial charge in [-0.25, -0.2) is 0 Å². The maximum atomic E-state index is 12.4.